The molecule has 0 aromatic rings. The van der Waals surface area contributed by atoms with Crippen LogP contribution in [0, 0.1) is 5.92 Å². The molecule has 0 radical (unpaired) electrons. The second-order valence-electron chi connectivity index (χ2n) is 4.62. The molecule has 0 rings (SSSR count). The van der Waals surface area contributed by atoms with Crippen molar-refractivity contribution < 1.29 is 4.74 Å². The minimum absolute atomic E-state index is 0.0322. The highest BCUT2D eigenvalue weighted by Gasteiger charge is 2.16. The molecule has 0 fully saturated rings. The number of rotatable bonds is 6. The summed E-state index contributed by atoms with van der Waals surface area (Å²) in [4.78, 5) is 4.53. The fourth-order valence-corrected chi connectivity index (χ4v) is 1.15. The highest BCUT2D eigenvalue weighted by Crippen LogP contribution is 2.14. The molecule has 0 unspecified atom stereocenters. The molecule has 0 spiro atoms. The van der Waals surface area contributed by atoms with Gasteiger partial charge in [-0.05, 0) is 40.0 Å². The topological polar surface area (TPSA) is 21.6 Å². The molecule has 0 aliphatic rings. The molecule has 14 heavy (non-hydrogen) atoms. The largest absolute Gasteiger partial charge is 0.376 e. The van der Waals surface area contributed by atoms with Crippen LogP contribution in [-0.2, 0) is 4.74 Å². The van der Waals surface area contributed by atoms with Crippen LogP contribution in [0.2, 0.25) is 0 Å². The van der Waals surface area contributed by atoms with E-state index in [-0.39, 0.29) is 5.60 Å². The molecule has 0 aliphatic carbocycles. The number of hydrogen-bond donors (Lipinski definition) is 0. The molecule has 0 aliphatic heterocycles. The first-order valence-corrected chi connectivity index (χ1v) is 5.54. The van der Waals surface area contributed by atoms with Gasteiger partial charge in [0.25, 0.3) is 0 Å². The third-order valence-corrected chi connectivity index (χ3v) is 2.45. The second-order valence-corrected chi connectivity index (χ2v) is 4.62. The number of ether oxygens (including phenoxy) is 1. The predicted octanol–water partition coefficient (Wildman–Crippen LogP) is 3.31. The summed E-state index contributed by atoms with van der Waals surface area (Å²) >= 11 is 0. The van der Waals surface area contributed by atoms with Gasteiger partial charge in [-0.1, -0.05) is 13.8 Å². The summed E-state index contributed by atoms with van der Waals surface area (Å²) in [6.45, 7) is 14.4. The SMILES string of the molecule is CCOC(C)(C)CCN=C(C)C(C)C. The van der Waals surface area contributed by atoms with Gasteiger partial charge in [-0.3, -0.25) is 4.99 Å². The summed E-state index contributed by atoms with van der Waals surface area (Å²) in [5.41, 5.74) is 1.20. The molecule has 84 valence electrons. The van der Waals surface area contributed by atoms with Crippen molar-refractivity contribution in [1.29, 1.82) is 0 Å². The maximum Gasteiger partial charge on any atom is 0.0644 e. The van der Waals surface area contributed by atoms with Crippen LogP contribution in [0.1, 0.15) is 48.0 Å². The van der Waals surface area contributed by atoms with Crippen LogP contribution >= 0.6 is 0 Å². The monoisotopic (exact) mass is 199 g/mol. The van der Waals surface area contributed by atoms with Crippen molar-refractivity contribution in [3.8, 4) is 0 Å². The quantitative estimate of drug-likeness (QED) is 0.601. The van der Waals surface area contributed by atoms with Gasteiger partial charge in [0.2, 0.25) is 0 Å². The first kappa shape index (κ1) is 13.6. The molecule has 0 bridgehead atoms. The highest BCUT2D eigenvalue weighted by molar-refractivity contribution is 5.83. The fourth-order valence-electron chi connectivity index (χ4n) is 1.15. The van der Waals surface area contributed by atoms with E-state index in [4.69, 9.17) is 4.74 Å². The zero-order valence-corrected chi connectivity index (χ0v) is 10.6. The summed E-state index contributed by atoms with van der Waals surface area (Å²) in [5, 5.41) is 0. The first-order chi connectivity index (χ1) is 6.39. The minimum Gasteiger partial charge on any atom is -0.376 e. The lowest BCUT2D eigenvalue weighted by atomic mass is 10.1. The van der Waals surface area contributed by atoms with E-state index in [1.807, 2.05) is 6.92 Å². The normalized spacial score (nSPS) is 13.8. The molecule has 0 atom stereocenters. The van der Waals surface area contributed by atoms with E-state index in [0.717, 1.165) is 19.6 Å². The smallest absolute Gasteiger partial charge is 0.0644 e. The van der Waals surface area contributed by atoms with E-state index in [2.05, 4.69) is 39.6 Å². The van der Waals surface area contributed by atoms with Gasteiger partial charge in [-0.15, -0.1) is 0 Å². The zero-order chi connectivity index (χ0) is 11.2. The Hall–Kier alpha value is -0.370. The number of aliphatic imine (C=N–C) groups is 1. The van der Waals surface area contributed by atoms with E-state index in [1.165, 1.54) is 5.71 Å². The van der Waals surface area contributed by atoms with Crippen molar-refractivity contribution >= 4 is 5.71 Å². The van der Waals surface area contributed by atoms with Gasteiger partial charge in [-0.25, -0.2) is 0 Å². The molecule has 0 heterocycles. The third-order valence-electron chi connectivity index (χ3n) is 2.45. The highest BCUT2D eigenvalue weighted by atomic mass is 16.5. The predicted molar refractivity (Wildman–Crippen MR) is 63.1 cm³/mol. The molecule has 0 amide bonds. The molecule has 0 aromatic carbocycles. The van der Waals surface area contributed by atoms with Crippen LogP contribution in [0.5, 0.6) is 0 Å². The van der Waals surface area contributed by atoms with Crippen molar-refractivity contribution in [2.75, 3.05) is 13.2 Å². The van der Waals surface area contributed by atoms with Gasteiger partial charge < -0.3 is 4.74 Å². The van der Waals surface area contributed by atoms with E-state index in [9.17, 15) is 0 Å². The number of hydrogen-bond acceptors (Lipinski definition) is 2. The van der Waals surface area contributed by atoms with Crippen LogP contribution in [-0.4, -0.2) is 24.5 Å². The molecule has 2 nitrogen and oxygen atoms in total. The summed E-state index contributed by atoms with van der Waals surface area (Å²) in [5.74, 6) is 0.560. The van der Waals surface area contributed by atoms with Crippen molar-refractivity contribution in [3.05, 3.63) is 0 Å². The molecular formula is C12H25NO. The molecule has 0 saturated carbocycles. The van der Waals surface area contributed by atoms with Gasteiger partial charge in [0.15, 0.2) is 0 Å². The average molecular weight is 199 g/mol. The van der Waals surface area contributed by atoms with Crippen molar-refractivity contribution in [2.45, 2.75) is 53.6 Å². The Morgan fingerprint density at radius 3 is 2.36 bits per heavy atom. The summed E-state index contributed by atoms with van der Waals surface area (Å²) in [7, 11) is 0. The van der Waals surface area contributed by atoms with E-state index >= 15 is 0 Å². The van der Waals surface area contributed by atoms with E-state index < -0.39 is 0 Å². The minimum atomic E-state index is -0.0322. The van der Waals surface area contributed by atoms with Gasteiger partial charge >= 0.3 is 0 Å². The van der Waals surface area contributed by atoms with Gasteiger partial charge in [0.1, 0.15) is 0 Å². The maximum atomic E-state index is 5.60. The Labute approximate surface area is 88.8 Å². The Balaban J connectivity index is 3.88. The lowest BCUT2D eigenvalue weighted by Gasteiger charge is -2.23. The zero-order valence-electron chi connectivity index (χ0n) is 10.6. The van der Waals surface area contributed by atoms with Crippen molar-refractivity contribution in [1.82, 2.24) is 0 Å². The molecule has 0 N–H and O–H groups in total. The summed E-state index contributed by atoms with van der Waals surface area (Å²) in [6, 6.07) is 0. The maximum absolute atomic E-state index is 5.60. The van der Waals surface area contributed by atoms with E-state index in [0.29, 0.717) is 5.92 Å². The van der Waals surface area contributed by atoms with Gasteiger partial charge in [0.05, 0.1) is 5.60 Å². The lowest BCUT2D eigenvalue weighted by Crippen LogP contribution is -2.25. The molecule has 0 saturated heterocycles. The Morgan fingerprint density at radius 1 is 1.36 bits per heavy atom. The third kappa shape index (κ3) is 6.14. The van der Waals surface area contributed by atoms with E-state index in [1.54, 1.807) is 0 Å². The van der Waals surface area contributed by atoms with Crippen LogP contribution in [0.25, 0.3) is 0 Å². The van der Waals surface area contributed by atoms with Crippen LogP contribution in [0.4, 0.5) is 0 Å². The first-order valence-electron chi connectivity index (χ1n) is 5.54. The summed E-state index contributed by atoms with van der Waals surface area (Å²) in [6.07, 6.45) is 0.991. The van der Waals surface area contributed by atoms with Gasteiger partial charge in [-0.2, -0.15) is 0 Å². The molecular weight excluding hydrogens is 174 g/mol. The lowest BCUT2D eigenvalue weighted by molar-refractivity contribution is -0.0141. The molecule has 0 aromatic heterocycles. The Morgan fingerprint density at radius 2 is 1.93 bits per heavy atom. The van der Waals surface area contributed by atoms with Crippen molar-refractivity contribution in [2.24, 2.45) is 10.9 Å². The number of nitrogens with zero attached hydrogens (tertiary/aromatic N) is 1. The second kappa shape index (κ2) is 6.18. The Kier molecular flexibility index (Phi) is 6.01. The standard InChI is InChI=1S/C12H25NO/c1-7-14-12(5,6)8-9-13-11(4)10(2)3/h10H,7-9H2,1-6H3. The van der Waals surface area contributed by atoms with Crippen LogP contribution in [0.15, 0.2) is 4.99 Å². The molecule has 2 heteroatoms. The van der Waals surface area contributed by atoms with Crippen molar-refractivity contribution in [3.63, 3.8) is 0 Å². The fraction of sp³-hybridized carbons (Fsp3) is 0.917. The Bertz CT molecular complexity index is 183. The summed E-state index contributed by atoms with van der Waals surface area (Å²) < 4.78 is 5.60. The van der Waals surface area contributed by atoms with Crippen LogP contribution < -0.4 is 0 Å². The van der Waals surface area contributed by atoms with Gasteiger partial charge in [0, 0.05) is 18.9 Å². The average Bonchev–Trinajstić information content (AvgIpc) is 2.03. The van der Waals surface area contributed by atoms with Crippen LogP contribution in [0.3, 0.4) is 0 Å².